The molecule has 5 heteroatoms. The molecule has 0 saturated heterocycles. The Morgan fingerprint density at radius 2 is 2.15 bits per heavy atom. The van der Waals surface area contributed by atoms with Gasteiger partial charge in [-0.2, -0.15) is 0 Å². The summed E-state index contributed by atoms with van der Waals surface area (Å²) in [5.41, 5.74) is 0.420. The van der Waals surface area contributed by atoms with Gasteiger partial charge in [-0.05, 0) is 25.7 Å². The van der Waals surface area contributed by atoms with Gasteiger partial charge in [0.15, 0.2) is 0 Å². The minimum atomic E-state index is -0.0315. The van der Waals surface area contributed by atoms with Crippen molar-refractivity contribution in [2.75, 3.05) is 18.9 Å². The van der Waals surface area contributed by atoms with Crippen LogP contribution in [-0.4, -0.2) is 40.4 Å². The lowest BCUT2D eigenvalue weighted by Crippen LogP contribution is -2.43. The van der Waals surface area contributed by atoms with E-state index in [1.807, 2.05) is 18.9 Å². The molecule has 2 rings (SSSR count). The number of hydrogen-bond acceptors (Lipinski definition) is 4. The van der Waals surface area contributed by atoms with E-state index in [4.69, 9.17) is 0 Å². The number of hydrogen-bond donors (Lipinski definition) is 1. The van der Waals surface area contributed by atoms with E-state index < -0.39 is 0 Å². The molecule has 5 nitrogen and oxygen atoms in total. The molecule has 1 fully saturated rings. The van der Waals surface area contributed by atoms with Crippen molar-refractivity contribution in [3.05, 3.63) is 18.1 Å². The molecule has 1 aromatic rings. The van der Waals surface area contributed by atoms with Gasteiger partial charge in [0.25, 0.3) is 5.91 Å². The summed E-state index contributed by atoms with van der Waals surface area (Å²) < 4.78 is 0. The lowest BCUT2D eigenvalue weighted by molar-refractivity contribution is 0.0622. The number of amides is 1. The van der Waals surface area contributed by atoms with Gasteiger partial charge in [-0.3, -0.25) is 9.78 Å². The Hall–Kier alpha value is -1.65. The second-order valence-corrected chi connectivity index (χ2v) is 5.57. The zero-order chi connectivity index (χ0) is 14.5. The highest BCUT2D eigenvalue weighted by atomic mass is 16.2. The molecular formula is C15H24N4O. The standard InChI is InChI=1S/C15H24N4O/c1-4-17-14-10-16-9-12(18-14)15(20)19(3)13-8-6-5-7-11(13)2/h9-11,13H,4-8H2,1-3H3,(H,17,18). The monoisotopic (exact) mass is 276 g/mol. The Morgan fingerprint density at radius 1 is 1.40 bits per heavy atom. The molecule has 0 aliphatic heterocycles. The van der Waals surface area contributed by atoms with E-state index in [2.05, 4.69) is 22.2 Å². The molecule has 2 unspecified atom stereocenters. The predicted molar refractivity (Wildman–Crippen MR) is 79.7 cm³/mol. The molecule has 0 spiro atoms. The average molecular weight is 276 g/mol. The molecule has 1 saturated carbocycles. The van der Waals surface area contributed by atoms with Crippen LogP contribution in [-0.2, 0) is 0 Å². The first-order valence-corrected chi connectivity index (χ1v) is 7.46. The largest absolute Gasteiger partial charge is 0.369 e. The summed E-state index contributed by atoms with van der Waals surface area (Å²) in [6.07, 6.45) is 7.96. The van der Waals surface area contributed by atoms with E-state index in [0.717, 1.165) is 13.0 Å². The highest BCUT2D eigenvalue weighted by Crippen LogP contribution is 2.28. The van der Waals surface area contributed by atoms with Crippen LogP contribution in [0.15, 0.2) is 12.4 Å². The fraction of sp³-hybridized carbons (Fsp3) is 0.667. The summed E-state index contributed by atoms with van der Waals surface area (Å²) in [5, 5.41) is 3.09. The number of nitrogens with one attached hydrogen (secondary N) is 1. The highest BCUT2D eigenvalue weighted by molar-refractivity contribution is 5.92. The molecule has 110 valence electrons. The Balaban J connectivity index is 2.11. The molecule has 0 bridgehead atoms. The van der Waals surface area contributed by atoms with E-state index in [-0.39, 0.29) is 5.91 Å². The van der Waals surface area contributed by atoms with Gasteiger partial charge in [-0.1, -0.05) is 19.8 Å². The van der Waals surface area contributed by atoms with Crippen LogP contribution in [0.3, 0.4) is 0 Å². The molecule has 1 N–H and O–H groups in total. The molecular weight excluding hydrogens is 252 g/mol. The molecule has 0 radical (unpaired) electrons. The minimum absolute atomic E-state index is 0.0315. The van der Waals surface area contributed by atoms with Gasteiger partial charge in [0.05, 0.1) is 12.4 Å². The second kappa shape index (κ2) is 6.68. The quantitative estimate of drug-likeness (QED) is 0.918. The normalized spacial score (nSPS) is 22.4. The fourth-order valence-electron chi connectivity index (χ4n) is 2.94. The van der Waals surface area contributed by atoms with Crippen LogP contribution in [0.5, 0.6) is 0 Å². The lowest BCUT2D eigenvalue weighted by Gasteiger charge is -2.36. The Bertz CT molecular complexity index is 463. The third-order valence-electron chi connectivity index (χ3n) is 4.10. The summed E-state index contributed by atoms with van der Waals surface area (Å²) in [6, 6.07) is 0.320. The molecule has 2 atom stereocenters. The average Bonchev–Trinajstić information content (AvgIpc) is 2.47. The number of carbonyl (C=O) groups is 1. The SMILES string of the molecule is CCNc1cncc(C(=O)N(C)C2CCCCC2C)n1. The Labute approximate surface area is 120 Å². The van der Waals surface area contributed by atoms with Gasteiger partial charge in [-0.15, -0.1) is 0 Å². The lowest BCUT2D eigenvalue weighted by atomic mass is 9.85. The van der Waals surface area contributed by atoms with Crippen molar-refractivity contribution in [3.63, 3.8) is 0 Å². The number of aromatic nitrogens is 2. The van der Waals surface area contributed by atoms with Crippen LogP contribution < -0.4 is 5.32 Å². The number of carbonyl (C=O) groups excluding carboxylic acids is 1. The van der Waals surface area contributed by atoms with Crippen molar-refractivity contribution in [2.45, 2.75) is 45.6 Å². The Kier molecular flexibility index (Phi) is 4.93. The predicted octanol–water partition coefficient (Wildman–Crippen LogP) is 2.56. The minimum Gasteiger partial charge on any atom is -0.369 e. The number of rotatable bonds is 4. The van der Waals surface area contributed by atoms with Gasteiger partial charge in [-0.25, -0.2) is 4.98 Å². The summed E-state index contributed by atoms with van der Waals surface area (Å²) >= 11 is 0. The zero-order valence-corrected chi connectivity index (χ0v) is 12.6. The molecule has 1 heterocycles. The fourth-order valence-corrected chi connectivity index (χ4v) is 2.94. The molecule has 1 aliphatic rings. The van der Waals surface area contributed by atoms with E-state index in [0.29, 0.717) is 23.5 Å². The van der Waals surface area contributed by atoms with E-state index >= 15 is 0 Å². The van der Waals surface area contributed by atoms with Gasteiger partial charge in [0.2, 0.25) is 0 Å². The van der Waals surface area contributed by atoms with Crippen molar-refractivity contribution < 1.29 is 4.79 Å². The van der Waals surface area contributed by atoms with Crippen LogP contribution in [0.4, 0.5) is 5.82 Å². The second-order valence-electron chi connectivity index (χ2n) is 5.57. The zero-order valence-electron chi connectivity index (χ0n) is 12.6. The first-order chi connectivity index (χ1) is 9.63. The van der Waals surface area contributed by atoms with Crippen LogP contribution in [0.1, 0.15) is 50.0 Å². The molecule has 0 aromatic carbocycles. The van der Waals surface area contributed by atoms with Crippen molar-refractivity contribution in [2.24, 2.45) is 5.92 Å². The van der Waals surface area contributed by atoms with E-state index in [1.165, 1.54) is 19.3 Å². The summed E-state index contributed by atoms with van der Waals surface area (Å²) in [4.78, 5) is 22.8. The topological polar surface area (TPSA) is 58.1 Å². The van der Waals surface area contributed by atoms with Crippen LogP contribution in [0.2, 0.25) is 0 Å². The van der Waals surface area contributed by atoms with Crippen molar-refractivity contribution in [1.82, 2.24) is 14.9 Å². The van der Waals surface area contributed by atoms with Crippen LogP contribution in [0.25, 0.3) is 0 Å². The maximum Gasteiger partial charge on any atom is 0.274 e. The van der Waals surface area contributed by atoms with Gasteiger partial charge in [0.1, 0.15) is 11.5 Å². The summed E-state index contributed by atoms with van der Waals surface area (Å²) in [6.45, 7) is 4.99. The highest BCUT2D eigenvalue weighted by Gasteiger charge is 2.29. The van der Waals surface area contributed by atoms with Crippen molar-refractivity contribution >= 4 is 11.7 Å². The smallest absolute Gasteiger partial charge is 0.274 e. The number of anilines is 1. The summed E-state index contributed by atoms with van der Waals surface area (Å²) in [7, 11) is 1.89. The molecule has 1 aromatic heterocycles. The Morgan fingerprint density at radius 3 is 2.85 bits per heavy atom. The molecule has 20 heavy (non-hydrogen) atoms. The maximum absolute atomic E-state index is 12.5. The first kappa shape index (κ1) is 14.8. The number of nitrogens with zero attached hydrogens (tertiary/aromatic N) is 3. The third kappa shape index (κ3) is 3.26. The summed E-state index contributed by atoms with van der Waals surface area (Å²) in [5.74, 6) is 1.18. The maximum atomic E-state index is 12.5. The van der Waals surface area contributed by atoms with Gasteiger partial charge in [0, 0.05) is 19.6 Å². The first-order valence-electron chi connectivity index (χ1n) is 7.46. The van der Waals surface area contributed by atoms with Crippen LogP contribution >= 0.6 is 0 Å². The third-order valence-corrected chi connectivity index (χ3v) is 4.10. The van der Waals surface area contributed by atoms with E-state index in [9.17, 15) is 4.79 Å². The van der Waals surface area contributed by atoms with Gasteiger partial charge < -0.3 is 10.2 Å². The van der Waals surface area contributed by atoms with Gasteiger partial charge >= 0.3 is 0 Å². The molecule has 1 aliphatic carbocycles. The van der Waals surface area contributed by atoms with Crippen molar-refractivity contribution in [1.29, 1.82) is 0 Å². The van der Waals surface area contributed by atoms with E-state index in [1.54, 1.807) is 12.4 Å². The van der Waals surface area contributed by atoms with Crippen LogP contribution in [0, 0.1) is 5.92 Å². The van der Waals surface area contributed by atoms with Crippen molar-refractivity contribution in [3.8, 4) is 0 Å². The molecule has 1 amide bonds.